The van der Waals surface area contributed by atoms with Crippen LogP contribution in [0.4, 0.5) is 5.69 Å². The Morgan fingerprint density at radius 1 is 1.29 bits per heavy atom. The number of nitrogens with one attached hydrogen (secondary N) is 2. The molecule has 3 rings (SSSR count). The molecule has 0 spiro atoms. The highest BCUT2D eigenvalue weighted by molar-refractivity contribution is 5.77. The minimum absolute atomic E-state index is 0.542. The highest BCUT2D eigenvalue weighted by Crippen LogP contribution is 2.38. The molecule has 4 nitrogen and oxygen atoms in total. The summed E-state index contributed by atoms with van der Waals surface area (Å²) in [4.78, 5) is 0. The molecule has 1 aliphatic rings. The Hall–Kier alpha value is -1.97. The molecule has 1 aliphatic heterocycles. The van der Waals surface area contributed by atoms with Gasteiger partial charge in [-0.1, -0.05) is 6.07 Å². The summed E-state index contributed by atoms with van der Waals surface area (Å²) in [6, 6.07) is 7.94. The van der Waals surface area contributed by atoms with Crippen molar-refractivity contribution in [2.24, 2.45) is 0 Å². The standard InChI is InChI=1S/C10H9N3O/c1-2-7(8-4-5-12-13-8)10-9(3-1)11-6-14-10/h1-5,11H,6H2,(H,12,13). The van der Waals surface area contributed by atoms with Gasteiger partial charge in [0.25, 0.3) is 0 Å². The fraction of sp³-hybridized carbons (Fsp3) is 0.100. The van der Waals surface area contributed by atoms with Crippen LogP contribution in [0.2, 0.25) is 0 Å². The van der Waals surface area contributed by atoms with Gasteiger partial charge in [0, 0.05) is 11.8 Å². The molecule has 0 amide bonds. The molecule has 2 heterocycles. The fourth-order valence-electron chi connectivity index (χ4n) is 1.64. The normalized spacial score (nSPS) is 13.1. The van der Waals surface area contributed by atoms with Gasteiger partial charge in [-0.3, -0.25) is 5.10 Å². The van der Waals surface area contributed by atoms with Crippen molar-refractivity contribution in [2.45, 2.75) is 0 Å². The first-order chi connectivity index (χ1) is 6.95. The quantitative estimate of drug-likeness (QED) is 0.716. The predicted molar refractivity (Wildman–Crippen MR) is 53.1 cm³/mol. The second-order valence-corrected chi connectivity index (χ2v) is 3.12. The molecule has 0 atom stereocenters. The lowest BCUT2D eigenvalue weighted by Gasteiger charge is -2.03. The number of aromatic amines is 1. The molecule has 14 heavy (non-hydrogen) atoms. The molecule has 0 fully saturated rings. The molecule has 1 aromatic heterocycles. The topological polar surface area (TPSA) is 49.9 Å². The van der Waals surface area contributed by atoms with Gasteiger partial charge in [0.2, 0.25) is 0 Å². The van der Waals surface area contributed by atoms with Crippen LogP contribution in [0, 0.1) is 0 Å². The molecular formula is C10H9N3O. The zero-order valence-corrected chi connectivity index (χ0v) is 7.45. The van der Waals surface area contributed by atoms with Crippen LogP contribution in [0.15, 0.2) is 30.5 Å². The van der Waals surface area contributed by atoms with Crippen LogP contribution < -0.4 is 10.1 Å². The number of ether oxygens (including phenoxy) is 1. The van der Waals surface area contributed by atoms with Crippen molar-refractivity contribution in [3.63, 3.8) is 0 Å². The number of hydrogen-bond donors (Lipinski definition) is 2. The van der Waals surface area contributed by atoms with Crippen LogP contribution >= 0.6 is 0 Å². The maximum atomic E-state index is 5.49. The van der Waals surface area contributed by atoms with E-state index < -0.39 is 0 Å². The maximum Gasteiger partial charge on any atom is 0.159 e. The highest BCUT2D eigenvalue weighted by atomic mass is 16.5. The molecule has 2 N–H and O–H groups in total. The summed E-state index contributed by atoms with van der Waals surface area (Å²) in [7, 11) is 0. The van der Waals surface area contributed by atoms with Gasteiger partial charge in [0.1, 0.15) is 0 Å². The molecule has 2 aromatic rings. The molecule has 0 aliphatic carbocycles. The summed E-state index contributed by atoms with van der Waals surface area (Å²) >= 11 is 0. The average Bonchev–Trinajstić information content (AvgIpc) is 2.88. The number of hydrogen-bond acceptors (Lipinski definition) is 3. The maximum absolute atomic E-state index is 5.49. The summed E-state index contributed by atoms with van der Waals surface area (Å²) in [6.45, 7) is 0.542. The number of benzene rings is 1. The number of aromatic nitrogens is 2. The Morgan fingerprint density at radius 3 is 3.14 bits per heavy atom. The van der Waals surface area contributed by atoms with E-state index >= 15 is 0 Å². The summed E-state index contributed by atoms with van der Waals surface area (Å²) in [6.07, 6.45) is 1.73. The largest absolute Gasteiger partial charge is 0.470 e. The van der Waals surface area contributed by atoms with Crippen LogP contribution in [0.5, 0.6) is 5.75 Å². The van der Waals surface area contributed by atoms with E-state index in [0.717, 1.165) is 22.7 Å². The van der Waals surface area contributed by atoms with Crippen molar-refractivity contribution in [1.29, 1.82) is 0 Å². The highest BCUT2D eigenvalue weighted by Gasteiger charge is 2.16. The second-order valence-electron chi connectivity index (χ2n) is 3.12. The van der Waals surface area contributed by atoms with Crippen LogP contribution in [-0.2, 0) is 0 Å². The number of nitrogens with zero attached hydrogens (tertiary/aromatic N) is 1. The van der Waals surface area contributed by atoms with Gasteiger partial charge in [-0.15, -0.1) is 0 Å². The van der Waals surface area contributed by atoms with E-state index in [-0.39, 0.29) is 0 Å². The summed E-state index contributed by atoms with van der Waals surface area (Å²) in [5.41, 5.74) is 3.06. The van der Waals surface area contributed by atoms with E-state index in [2.05, 4.69) is 15.5 Å². The van der Waals surface area contributed by atoms with Crippen LogP contribution in [0.3, 0.4) is 0 Å². The first-order valence-electron chi connectivity index (χ1n) is 4.44. The SMILES string of the molecule is c1cc2c(c(-c3ccn[nH]3)c1)OCN2. The lowest BCUT2D eigenvalue weighted by atomic mass is 10.1. The van der Waals surface area contributed by atoms with Gasteiger partial charge < -0.3 is 10.1 Å². The molecule has 1 aromatic carbocycles. The van der Waals surface area contributed by atoms with E-state index in [1.54, 1.807) is 6.20 Å². The predicted octanol–water partition coefficient (Wildman–Crippen LogP) is 1.84. The third-order valence-electron chi connectivity index (χ3n) is 2.29. The average molecular weight is 187 g/mol. The molecule has 70 valence electrons. The molecule has 0 saturated carbocycles. The number of para-hydroxylation sites is 1. The monoisotopic (exact) mass is 187 g/mol. The van der Waals surface area contributed by atoms with Crippen LogP contribution in [0.25, 0.3) is 11.3 Å². The zero-order valence-electron chi connectivity index (χ0n) is 7.45. The van der Waals surface area contributed by atoms with Crippen molar-refractivity contribution >= 4 is 5.69 Å². The Balaban J connectivity index is 2.20. The van der Waals surface area contributed by atoms with E-state index in [0.29, 0.717) is 6.73 Å². The first-order valence-corrected chi connectivity index (χ1v) is 4.44. The smallest absolute Gasteiger partial charge is 0.159 e. The minimum atomic E-state index is 0.542. The van der Waals surface area contributed by atoms with Gasteiger partial charge in [-0.05, 0) is 18.2 Å². The van der Waals surface area contributed by atoms with Gasteiger partial charge in [-0.25, -0.2) is 0 Å². The molecular weight excluding hydrogens is 178 g/mol. The summed E-state index contributed by atoms with van der Waals surface area (Å²) in [5.74, 6) is 0.900. The van der Waals surface area contributed by atoms with Crippen molar-refractivity contribution in [2.75, 3.05) is 12.0 Å². The minimum Gasteiger partial charge on any atom is -0.470 e. The lowest BCUT2D eigenvalue weighted by Crippen LogP contribution is -1.96. The Kier molecular flexibility index (Phi) is 1.47. The third-order valence-corrected chi connectivity index (χ3v) is 2.29. The van der Waals surface area contributed by atoms with Crippen molar-refractivity contribution < 1.29 is 4.74 Å². The van der Waals surface area contributed by atoms with E-state index in [1.165, 1.54) is 0 Å². The molecule has 0 radical (unpaired) electrons. The molecule has 0 unspecified atom stereocenters. The van der Waals surface area contributed by atoms with Crippen molar-refractivity contribution in [1.82, 2.24) is 10.2 Å². The van der Waals surface area contributed by atoms with Gasteiger partial charge in [-0.2, -0.15) is 5.10 Å². The molecule has 0 saturated heterocycles. The van der Waals surface area contributed by atoms with Crippen molar-refractivity contribution in [3.8, 4) is 17.0 Å². The summed E-state index contributed by atoms with van der Waals surface area (Å²) in [5, 5.41) is 9.99. The second kappa shape index (κ2) is 2.77. The van der Waals surface area contributed by atoms with Crippen molar-refractivity contribution in [3.05, 3.63) is 30.5 Å². The van der Waals surface area contributed by atoms with E-state index in [4.69, 9.17) is 4.74 Å². The lowest BCUT2D eigenvalue weighted by molar-refractivity contribution is 0.374. The number of H-pyrrole nitrogens is 1. The molecule has 0 bridgehead atoms. The van der Waals surface area contributed by atoms with Gasteiger partial charge >= 0.3 is 0 Å². The Morgan fingerprint density at radius 2 is 2.29 bits per heavy atom. The number of fused-ring (bicyclic) bond motifs is 1. The third kappa shape index (κ3) is 0.970. The molecule has 4 heteroatoms. The Bertz CT molecular complexity index is 450. The Labute approximate surface area is 80.9 Å². The first kappa shape index (κ1) is 7.44. The van der Waals surface area contributed by atoms with E-state index in [9.17, 15) is 0 Å². The van der Waals surface area contributed by atoms with Gasteiger partial charge in [0.15, 0.2) is 12.5 Å². The van der Waals surface area contributed by atoms with E-state index in [1.807, 2.05) is 24.3 Å². The fourth-order valence-corrected chi connectivity index (χ4v) is 1.64. The van der Waals surface area contributed by atoms with Gasteiger partial charge in [0.05, 0.1) is 11.4 Å². The zero-order chi connectivity index (χ0) is 9.38. The summed E-state index contributed by atoms with van der Waals surface area (Å²) < 4.78 is 5.49. The van der Waals surface area contributed by atoms with Crippen LogP contribution in [0.1, 0.15) is 0 Å². The number of rotatable bonds is 1. The number of anilines is 1. The van der Waals surface area contributed by atoms with Crippen LogP contribution in [-0.4, -0.2) is 16.9 Å².